The van der Waals surface area contributed by atoms with Crippen molar-refractivity contribution in [3.05, 3.63) is 23.8 Å². The van der Waals surface area contributed by atoms with Crippen molar-refractivity contribution in [2.24, 2.45) is 23.7 Å². The number of nitrogens with one attached hydrogen (secondary N) is 1. The highest BCUT2D eigenvalue weighted by Crippen LogP contribution is 2.30. The third-order valence-electron chi connectivity index (χ3n) is 5.54. The van der Waals surface area contributed by atoms with Crippen molar-refractivity contribution in [1.29, 1.82) is 0 Å². The molecule has 0 aromatic heterocycles. The summed E-state index contributed by atoms with van der Waals surface area (Å²) in [5.74, 6) is -1.69. The zero-order valence-electron chi connectivity index (χ0n) is 24.1. The topological polar surface area (TPSA) is 147 Å². The average molecular weight is 554 g/mol. The van der Waals surface area contributed by atoms with Gasteiger partial charge in [-0.2, -0.15) is 0 Å². The monoisotopic (exact) mass is 553 g/mol. The van der Waals surface area contributed by atoms with Gasteiger partial charge in [0, 0.05) is 6.54 Å². The summed E-state index contributed by atoms with van der Waals surface area (Å²) in [7, 11) is 0. The van der Waals surface area contributed by atoms with Crippen LogP contribution in [0.15, 0.2) is 18.2 Å². The van der Waals surface area contributed by atoms with E-state index in [0.29, 0.717) is 5.56 Å². The molecule has 0 aliphatic carbocycles. The van der Waals surface area contributed by atoms with E-state index in [1.807, 2.05) is 41.5 Å². The van der Waals surface area contributed by atoms with Crippen molar-refractivity contribution in [3.8, 4) is 11.5 Å². The maximum absolute atomic E-state index is 12.2. The molecule has 0 amide bonds. The lowest BCUT2D eigenvalue weighted by Gasteiger charge is -2.21. The molecule has 0 saturated carbocycles. The van der Waals surface area contributed by atoms with Crippen LogP contribution >= 0.6 is 0 Å². The lowest BCUT2D eigenvalue weighted by atomic mass is 9.98. The number of hydrogen-bond donors (Lipinski definition) is 2. The van der Waals surface area contributed by atoms with Crippen LogP contribution in [-0.4, -0.2) is 61.3 Å². The second-order valence-electron chi connectivity index (χ2n) is 10.7. The first kappa shape index (κ1) is 33.7. The summed E-state index contributed by atoms with van der Waals surface area (Å²) in [6.45, 7) is 15.1. The SMILES string of the molecule is CC(C)COC(=O)Oc1ccc(C[C@H](NCC(C)OC(=O)C(C)C(C)C)C(=O)O)cc1OC(=O)OCC(C)C. The van der Waals surface area contributed by atoms with Gasteiger partial charge in [0.05, 0.1) is 19.1 Å². The molecular weight excluding hydrogens is 510 g/mol. The molecule has 0 aliphatic rings. The van der Waals surface area contributed by atoms with Gasteiger partial charge < -0.3 is 34.1 Å². The molecule has 0 bridgehead atoms. The third-order valence-corrected chi connectivity index (χ3v) is 5.54. The molecule has 0 aliphatic heterocycles. The lowest BCUT2D eigenvalue weighted by Crippen LogP contribution is -2.43. The zero-order chi connectivity index (χ0) is 29.7. The molecule has 2 N–H and O–H groups in total. The summed E-state index contributed by atoms with van der Waals surface area (Å²) < 4.78 is 26.0. The van der Waals surface area contributed by atoms with E-state index in [-0.39, 0.29) is 67.3 Å². The van der Waals surface area contributed by atoms with E-state index < -0.39 is 30.4 Å². The number of rotatable bonds is 15. The molecule has 0 saturated heterocycles. The Kier molecular flexibility index (Phi) is 14.3. The number of hydrogen-bond acceptors (Lipinski definition) is 10. The van der Waals surface area contributed by atoms with Gasteiger partial charge in [-0.3, -0.25) is 9.59 Å². The van der Waals surface area contributed by atoms with Gasteiger partial charge in [-0.1, -0.05) is 54.5 Å². The Morgan fingerprint density at radius 3 is 1.85 bits per heavy atom. The fourth-order valence-corrected chi connectivity index (χ4v) is 2.96. The highest BCUT2D eigenvalue weighted by molar-refractivity contribution is 5.74. The maximum atomic E-state index is 12.2. The van der Waals surface area contributed by atoms with Crippen LogP contribution in [0.3, 0.4) is 0 Å². The van der Waals surface area contributed by atoms with Gasteiger partial charge in [0.25, 0.3) is 0 Å². The second-order valence-corrected chi connectivity index (χ2v) is 10.7. The van der Waals surface area contributed by atoms with E-state index in [2.05, 4.69) is 5.32 Å². The summed E-state index contributed by atoms with van der Waals surface area (Å²) in [5.41, 5.74) is 0.475. The van der Waals surface area contributed by atoms with Crippen LogP contribution in [0.5, 0.6) is 11.5 Å². The smallest absolute Gasteiger partial charge is 0.480 e. The van der Waals surface area contributed by atoms with Gasteiger partial charge in [-0.05, 0) is 48.8 Å². The molecule has 0 spiro atoms. The minimum absolute atomic E-state index is 0.00608. The Hall–Kier alpha value is -3.34. The lowest BCUT2D eigenvalue weighted by molar-refractivity contribution is -0.154. The Balaban J connectivity index is 2.99. The zero-order valence-corrected chi connectivity index (χ0v) is 24.1. The van der Waals surface area contributed by atoms with Crippen molar-refractivity contribution in [1.82, 2.24) is 5.32 Å². The van der Waals surface area contributed by atoms with Crippen molar-refractivity contribution in [3.63, 3.8) is 0 Å². The minimum Gasteiger partial charge on any atom is -0.480 e. The van der Waals surface area contributed by atoms with Crippen molar-refractivity contribution >= 4 is 24.2 Å². The van der Waals surface area contributed by atoms with Gasteiger partial charge >= 0.3 is 24.2 Å². The van der Waals surface area contributed by atoms with Gasteiger partial charge in [0.1, 0.15) is 12.1 Å². The summed E-state index contributed by atoms with van der Waals surface area (Å²) in [6, 6.07) is 3.28. The quantitative estimate of drug-likeness (QED) is 0.175. The molecule has 1 aromatic rings. The van der Waals surface area contributed by atoms with Crippen LogP contribution in [-0.2, 0) is 30.2 Å². The van der Waals surface area contributed by atoms with Crippen molar-refractivity contribution < 1.29 is 48.0 Å². The standard InChI is InChI=1S/C28H43NO10/c1-16(2)14-35-27(33)38-23-10-9-21(12-24(23)39-28(34)36-15-17(3)4)11-22(25(30)31)29-13-19(7)37-26(32)20(8)18(5)6/h9-10,12,16-20,22,29H,11,13-15H2,1-8H3,(H,30,31)/t19?,20?,22-/m0/s1. The predicted molar refractivity (Wildman–Crippen MR) is 143 cm³/mol. The van der Waals surface area contributed by atoms with Crippen LogP contribution in [0.4, 0.5) is 9.59 Å². The Labute approximate surface area is 230 Å². The molecule has 11 nitrogen and oxygen atoms in total. The number of carboxylic acids is 1. The van der Waals surface area contributed by atoms with Gasteiger partial charge in [0.2, 0.25) is 0 Å². The molecule has 0 radical (unpaired) electrons. The first-order valence-electron chi connectivity index (χ1n) is 13.2. The number of carboxylic acid groups (broad SMARTS) is 1. The second kappa shape index (κ2) is 16.6. The van der Waals surface area contributed by atoms with Crippen molar-refractivity contribution in [2.45, 2.75) is 74.0 Å². The molecular formula is C28H43NO10. The third kappa shape index (κ3) is 13.3. The Morgan fingerprint density at radius 1 is 0.821 bits per heavy atom. The highest BCUT2D eigenvalue weighted by Gasteiger charge is 2.24. The Bertz CT molecular complexity index is 960. The first-order valence-corrected chi connectivity index (χ1v) is 13.2. The van der Waals surface area contributed by atoms with Crippen LogP contribution in [0.2, 0.25) is 0 Å². The van der Waals surface area contributed by atoms with E-state index in [4.69, 9.17) is 23.7 Å². The maximum Gasteiger partial charge on any atom is 0.513 e. The average Bonchev–Trinajstić information content (AvgIpc) is 2.84. The summed E-state index contributed by atoms with van der Waals surface area (Å²) in [4.78, 5) is 48.4. The summed E-state index contributed by atoms with van der Waals surface area (Å²) in [5, 5.41) is 12.6. The van der Waals surface area contributed by atoms with Crippen LogP contribution in [0.25, 0.3) is 0 Å². The number of ether oxygens (including phenoxy) is 5. The number of carbonyl (C=O) groups excluding carboxylic acids is 3. The van der Waals surface area contributed by atoms with E-state index in [0.717, 1.165) is 0 Å². The molecule has 3 atom stereocenters. The number of benzene rings is 1. The van der Waals surface area contributed by atoms with Gasteiger partial charge in [0.15, 0.2) is 11.5 Å². The normalized spacial score (nSPS) is 13.5. The van der Waals surface area contributed by atoms with E-state index in [9.17, 15) is 24.3 Å². The molecule has 2 unspecified atom stereocenters. The number of esters is 1. The summed E-state index contributed by atoms with van der Waals surface area (Å²) >= 11 is 0. The predicted octanol–water partition coefficient (Wildman–Crippen LogP) is 4.84. The van der Waals surface area contributed by atoms with E-state index in [1.165, 1.54) is 12.1 Å². The molecule has 39 heavy (non-hydrogen) atoms. The fourth-order valence-electron chi connectivity index (χ4n) is 2.96. The number of carbonyl (C=O) groups is 4. The van der Waals surface area contributed by atoms with Gasteiger partial charge in [-0.25, -0.2) is 9.59 Å². The highest BCUT2D eigenvalue weighted by atomic mass is 16.7. The number of aliphatic carboxylic acids is 1. The largest absolute Gasteiger partial charge is 0.513 e. The van der Waals surface area contributed by atoms with Crippen LogP contribution < -0.4 is 14.8 Å². The van der Waals surface area contributed by atoms with Gasteiger partial charge in [-0.15, -0.1) is 0 Å². The van der Waals surface area contributed by atoms with Crippen LogP contribution in [0, 0.1) is 23.7 Å². The van der Waals surface area contributed by atoms with Crippen molar-refractivity contribution in [2.75, 3.05) is 19.8 Å². The molecule has 0 heterocycles. The minimum atomic E-state index is -1.12. The van der Waals surface area contributed by atoms with E-state index >= 15 is 0 Å². The van der Waals surface area contributed by atoms with Crippen LogP contribution in [0.1, 0.15) is 61.0 Å². The summed E-state index contributed by atoms with van der Waals surface area (Å²) in [6.07, 6.45) is -2.53. The Morgan fingerprint density at radius 2 is 1.36 bits per heavy atom. The first-order chi connectivity index (χ1) is 18.2. The molecule has 220 valence electrons. The molecule has 0 fully saturated rings. The van der Waals surface area contributed by atoms with E-state index in [1.54, 1.807) is 19.9 Å². The molecule has 1 rings (SSSR count). The molecule has 11 heteroatoms. The molecule has 1 aromatic carbocycles. The fraction of sp³-hybridized carbons (Fsp3) is 0.643.